The first-order chi connectivity index (χ1) is 11.6. The Hall–Kier alpha value is -1.59. The second kappa shape index (κ2) is 8.19. The van der Waals surface area contributed by atoms with Gasteiger partial charge in [-0.3, -0.25) is 9.59 Å². The van der Waals surface area contributed by atoms with Crippen molar-refractivity contribution in [3.05, 3.63) is 35.4 Å². The van der Waals surface area contributed by atoms with E-state index in [4.69, 9.17) is 9.47 Å². The van der Waals surface area contributed by atoms with Crippen LogP contribution < -0.4 is 0 Å². The van der Waals surface area contributed by atoms with Crippen LogP contribution in [0, 0.1) is 11.3 Å². The van der Waals surface area contributed by atoms with Gasteiger partial charge in [0.15, 0.2) is 0 Å². The minimum atomic E-state index is -0.689. The van der Waals surface area contributed by atoms with Crippen LogP contribution in [0.25, 0.3) is 0 Å². The Bertz CT molecular complexity index is 618. The lowest BCUT2D eigenvalue weighted by Crippen LogP contribution is -2.41. The average molecular weight is 368 g/mol. The van der Waals surface area contributed by atoms with Crippen LogP contribution in [0.15, 0.2) is 24.3 Å². The molecule has 2 aliphatic heterocycles. The van der Waals surface area contributed by atoms with Gasteiger partial charge in [0.1, 0.15) is 5.41 Å². The fraction of sp³-hybridized carbons (Fsp3) is 0.579. The van der Waals surface area contributed by atoms with Gasteiger partial charge >= 0.3 is 5.97 Å². The maximum Gasteiger partial charge on any atom is 0.316 e. The molecule has 2 saturated heterocycles. The number of hydrogen-bond donors (Lipinski definition) is 0. The molecule has 0 aliphatic carbocycles. The number of nitrogens with zero attached hydrogens (tertiary/aromatic N) is 1. The highest BCUT2D eigenvalue weighted by Crippen LogP contribution is 2.42. The molecule has 3 rings (SSSR count). The fourth-order valence-electron chi connectivity index (χ4n) is 3.76. The Kier molecular flexibility index (Phi) is 6.47. The van der Waals surface area contributed by atoms with Gasteiger partial charge in [0.25, 0.3) is 5.91 Å². The molecule has 6 heteroatoms. The molecule has 2 heterocycles. The van der Waals surface area contributed by atoms with Crippen molar-refractivity contribution in [2.75, 3.05) is 33.4 Å². The van der Waals surface area contributed by atoms with E-state index >= 15 is 0 Å². The molecule has 5 nitrogen and oxygen atoms in total. The highest BCUT2D eigenvalue weighted by atomic mass is 35.5. The number of ether oxygens (including phenoxy) is 2. The zero-order valence-corrected chi connectivity index (χ0v) is 15.6. The summed E-state index contributed by atoms with van der Waals surface area (Å²) in [6.07, 6.45) is 3.36. The zero-order valence-electron chi connectivity index (χ0n) is 14.8. The zero-order chi connectivity index (χ0) is 17.2. The van der Waals surface area contributed by atoms with E-state index in [1.807, 2.05) is 24.3 Å². The van der Waals surface area contributed by atoms with Crippen molar-refractivity contribution in [2.45, 2.75) is 26.2 Å². The van der Waals surface area contributed by atoms with Gasteiger partial charge in [-0.25, -0.2) is 0 Å². The molecule has 0 spiro atoms. The van der Waals surface area contributed by atoms with Gasteiger partial charge in [0.05, 0.1) is 20.3 Å². The van der Waals surface area contributed by atoms with E-state index < -0.39 is 5.41 Å². The van der Waals surface area contributed by atoms with E-state index in [1.54, 1.807) is 4.90 Å². The van der Waals surface area contributed by atoms with Crippen LogP contribution in [0.1, 0.15) is 35.7 Å². The molecule has 0 aromatic heterocycles. The first-order valence-corrected chi connectivity index (χ1v) is 8.65. The minimum Gasteiger partial charge on any atom is -0.468 e. The van der Waals surface area contributed by atoms with E-state index in [0.717, 1.165) is 19.3 Å². The van der Waals surface area contributed by atoms with Gasteiger partial charge in [-0.1, -0.05) is 25.5 Å². The molecule has 1 aromatic carbocycles. The summed E-state index contributed by atoms with van der Waals surface area (Å²) in [5, 5.41) is 0. The van der Waals surface area contributed by atoms with Crippen molar-refractivity contribution in [2.24, 2.45) is 11.3 Å². The number of aryl methyl sites for hydroxylation is 1. The van der Waals surface area contributed by atoms with Gasteiger partial charge < -0.3 is 14.4 Å². The summed E-state index contributed by atoms with van der Waals surface area (Å²) in [7, 11) is 1.39. The van der Waals surface area contributed by atoms with E-state index in [9.17, 15) is 9.59 Å². The smallest absolute Gasteiger partial charge is 0.316 e. The molecular weight excluding hydrogens is 342 g/mol. The lowest BCUT2D eigenvalue weighted by Gasteiger charge is -2.23. The van der Waals surface area contributed by atoms with E-state index in [0.29, 0.717) is 31.9 Å². The third kappa shape index (κ3) is 3.67. The number of fused-ring (bicyclic) bond motifs is 1. The maximum atomic E-state index is 12.8. The summed E-state index contributed by atoms with van der Waals surface area (Å²) in [6.45, 7) is 3.94. The van der Waals surface area contributed by atoms with Crippen LogP contribution >= 0.6 is 12.4 Å². The lowest BCUT2D eigenvalue weighted by atomic mass is 9.81. The van der Waals surface area contributed by atoms with E-state index in [1.165, 1.54) is 12.7 Å². The van der Waals surface area contributed by atoms with Gasteiger partial charge in [0.2, 0.25) is 0 Å². The third-order valence-corrected chi connectivity index (χ3v) is 5.27. The Balaban J connectivity index is 0.00000225. The molecule has 0 saturated carbocycles. The molecular formula is C19H26ClNO4. The molecule has 138 valence electrons. The molecule has 2 fully saturated rings. The molecule has 0 radical (unpaired) electrons. The Morgan fingerprint density at radius 3 is 2.68 bits per heavy atom. The number of unbranched alkanes of at least 4 members (excludes halogenated alkanes) is 1. The minimum absolute atomic E-state index is 0. The molecule has 25 heavy (non-hydrogen) atoms. The Morgan fingerprint density at radius 1 is 1.32 bits per heavy atom. The van der Waals surface area contributed by atoms with Crippen molar-refractivity contribution < 1.29 is 19.1 Å². The Labute approximate surface area is 155 Å². The maximum absolute atomic E-state index is 12.8. The van der Waals surface area contributed by atoms with Crippen LogP contribution in [0.5, 0.6) is 0 Å². The molecule has 2 aliphatic rings. The second-order valence-electron chi connectivity index (χ2n) is 6.85. The summed E-state index contributed by atoms with van der Waals surface area (Å²) in [6, 6.07) is 7.84. The van der Waals surface area contributed by atoms with Crippen LogP contribution in [0.3, 0.4) is 0 Å². The molecule has 2 atom stereocenters. The normalized spacial score (nSPS) is 24.6. The quantitative estimate of drug-likeness (QED) is 0.751. The predicted octanol–water partition coefficient (Wildman–Crippen LogP) is 2.71. The number of carbonyl (C=O) groups is 2. The summed E-state index contributed by atoms with van der Waals surface area (Å²) in [4.78, 5) is 26.8. The number of esters is 1. The lowest BCUT2D eigenvalue weighted by molar-refractivity contribution is -0.153. The van der Waals surface area contributed by atoms with Crippen molar-refractivity contribution in [3.63, 3.8) is 0 Å². The number of carbonyl (C=O) groups excluding carboxylic acids is 2. The topological polar surface area (TPSA) is 55.8 Å². The van der Waals surface area contributed by atoms with Crippen LogP contribution in [-0.2, 0) is 20.7 Å². The first-order valence-electron chi connectivity index (χ1n) is 8.65. The summed E-state index contributed by atoms with van der Waals surface area (Å²) in [5.74, 6) is -0.261. The summed E-state index contributed by atoms with van der Waals surface area (Å²) in [5.41, 5.74) is 1.24. The van der Waals surface area contributed by atoms with E-state index in [2.05, 4.69) is 6.92 Å². The molecule has 0 unspecified atom stereocenters. The summed E-state index contributed by atoms with van der Waals surface area (Å²) >= 11 is 0. The second-order valence-corrected chi connectivity index (χ2v) is 6.85. The SMILES string of the molecule is CCCCc1ccc(C(=O)N2C[C@H]3COC[C@@]3(C(=O)OC)C2)cc1.Cl. The largest absolute Gasteiger partial charge is 0.468 e. The van der Waals surface area contributed by atoms with Gasteiger partial charge in [-0.15, -0.1) is 12.4 Å². The Morgan fingerprint density at radius 2 is 2.04 bits per heavy atom. The molecule has 1 amide bonds. The van der Waals surface area contributed by atoms with Gasteiger partial charge in [0, 0.05) is 24.6 Å². The monoisotopic (exact) mass is 367 g/mol. The molecule has 0 N–H and O–H groups in total. The number of benzene rings is 1. The standard InChI is InChI=1S/C19H25NO4.ClH/c1-3-4-5-14-6-8-15(9-7-14)17(21)20-10-16-11-24-13-19(16,12-20)18(22)23-2;/h6-9,16H,3-5,10-13H2,1-2H3;1H/t16-,19-;/m0./s1. The highest BCUT2D eigenvalue weighted by Gasteiger charge is 2.57. The van der Waals surface area contributed by atoms with Crippen LogP contribution in [0.2, 0.25) is 0 Å². The van der Waals surface area contributed by atoms with Crippen LogP contribution in [-0.4, -0.2) is 50.2 Å². The average Bonchev–Trinajstić information content (AvgIpc) is 3.17. The first kappa shape index (κ1) is 19.7. The van der Waals surface area contributed by atoms with Crippen molar-refractivity contribution in [1.82, 2.24) is 4.90 Å². The number of halogens is 1. The van der Waals surface area contributed by atoms with Crippen molar-refractivity contribution >= 4 is 24.3 Å². The predicted molar refractivity (Wildman–Crippen MR) is 97.0 cm³/mol. The third-order valence-electron chi connectivity index (χ3n) is 5.27. The molecule has 1 aromatic rings. The van der Waals surface area contributed by atoms with Gasteiger partial charge in [-0.2, -0.15) is 0 Å². The van der Waals surface area contributed by atoms with Crippen LogP contribution in [0.4, 0.5) is 0 Å². The van der Waals surface area contributed by atoms with Gasteiger partial charge in [-0.05, 0) is 30.5 Å². The van der Waals surface area contributed by atoms with Crippen molar-refractivity contribution in [3.8, 4) is 0 Å². The fourth-order valence-corrected chi connectivity index (χ4v) is 3.76. The number of rotatable bonds is 5. The highest BCUT2D eigenvalue weighted by molar-refractivity contribution is 5.95. The van der Waals surface area contributed by atoms with Crippen molar-refractivity contribution in [1.29, 1.82) is 0 Å². The molecule has 0 bridgehead atoms. The number of amides is 1. The van der Waals surface area contributed by atoms with E-state index in [-0.39, 0.29) is 30.2 Å². The number of hydrogen-bond acceptors (Lipinski definition) is 4. The number of methoxy groups -OCH3 is 1. The number of likely N-dealkylation sites (tertiary alicyclic amines) is 1. The summed E-state index contributed by atoms with van der Waals surface area (Å²) < 4.78 is 10.5.